The summed E-state index contributed by atoms with van der Waals surface area (Å²) in [5, 5.41) is 19.3. The van der Waals surface area contributed by atoms with Crippen LogP contribution in [0.25, 0.3) is 10.9 Å². The highest BCUT2D eigenvalue weighted by Crippen LogP contribution is 2.17. The number of aromatic amines is 1. The van der Waals surface area contributed by atoms with Gasteiger partial charge in [0.1, 0.15) is 0 Å². The number of rotatable bonds is 5. The van der Waals surface area contributed by atoms with Crippen LogP contribution in [0.3, 0.4) is 0 Å². The minimum atomic E-state index is -0.931. The van der Waals surface area contributed by atoms with Crippen LogP contribution >= 0.6 is 0 Å². The molecule has 0 fully saturated rings. The van der Waals surface area contributed by atoms with Gasteiger partial charge in [-0.25, -0.2) is 0 Å². The molecule has 1 heterocycles. The first kappa shape index (κ1) is 14.0. The molecule has 0 spiro atoms. The third kappa shape index (κ3) is 2.96. The van der Waals surface area contributed by atoms with Gasteiger partial charge in [0.15, 0.2) is 0 Å². The van der Waals surface area contributed by atoms with Crippen LogP contribution in [-0.2, 0) is 4.79 Å². The van der Waals surface area contributed by atoms with E-state index in [-0.39, 0.29) is 12.3 Å². The van der Waals surface area contributed by atoms with E-state index in [0.29, 0.717) is 12.0 Å². The molecular formula is C14H17N3O3. The average molecular weight is 275 g/mol. The van der Waals surface area contributed by atoms with Crippen molar-refractivity contribution in [1.29, 1.82) is 0 Å². The van der Waals surface area contributed by atoms with Gasteiger partial charge < -0.3 is 10.4 Å². The van der Waals surface area contributed by atoms with Gasteiger partial charge in [-0.2, -0.15) is 5.10 Å². The molecule has 0 aliphatic rings. The Morgan fingerprint density at radius 2 is 2.20 bits per heavy atom. The number of carboxylic acids is 1. The van der Waals surface area contributed by atoms with Crippen molar-refractivity contribution in [3.05, 3.63) is 30.0 Å². The Labute approximate surface area is 116 Å². The molecule has 1 amide bonds. The van der Waals surface area contributed by atoms with E-state index < -0.39 is 11.5 Å². The highest BCUT2D eigenvalue weighted by molar-refractivity contribution is 5.98. The van der Waals surface area contributed by atoms with E-state index in [1.54, 1.807) is 31.3 Å². The molecule has 2 aromatic rings. The first-order valence-corrected chi connectivity index (χ1v) is 6.41. The van der Waals surface area contributed by atoms with E-state index in [4.69, 9.17) is 5.11 Å². The summed E-state index contributed by atoms with van der Waals surface area (Å²) in [6, 6.07) is 5.19. The number of carbonyl (C=O) groups is 2. The predicted octanol–water partition coefficient (Wildman–Crippen LogP) is 1.94. The zero-order chi connectivity index (χ0) is 14.8. The summed E-state index contributed by atoms with van der Waals surface area (Å²) in [5.74, 6) is -1.21. The van der Waals surface area contributed by atoms with Crippen LogP contribution in [0.2, 0.25) is 0 Å². The normalized spacial score (nSPS) is 13.9. The monoisotopic (exact) mass is 275 g/mol. The van der Waals surface area contributed by atoms with Crippen molar-refractivity contribution < 1.29 is 14.7 Å². The number of hydrogen-bond donors (Lipinski definition) is 3. The lowest BCUT2D eigenvalue weighted by Gasteiger charge is -2.27. The van der Waals surface area contributed by atoms with Crippen molar-refractivity contribution in [2.45, 2.75) is 32.2 Å². The van der Waals surface area contributed by atoms with Crippen molar-refractivity contribution in [3.8, 4) is 0 Å². The third-order valence-electron chi connectivity index (χ3n) is 3.44. The summed E-state index contributed by atoms with van der Waals surface area (Å²) in [7, 11) is 0. The third-order valence-corrected chi connectivity index (χ3v) is 3.44. The Balaban J connectivity index is 2.19. The van der Waals surface area contributed by atoms with Crippen molar-refractivity contribution in [3.63, 3.8) is 0 Å². The van der Waals surface area contributed by atoms with Crippen molar-refractivity contribution in [1.82, 2.24) is 15.5 Å². The second kappa shape index (κ2) is 5.32. The Kier molecular flexibility index (Phi) is 3.74. The largest absolute Gasteiger partial charge is 0.481 e. The molecule has 1 atom stereocenters. The van der Waals surface area contributed by atoms with Crippen molar-refractivity contribution >= 4 is 22.8 Å². The molecular weight excluding hydrogens is 258 g/mol. The molecule has 3 N–H and O–H groups in total. The van der Waals surface area contributed by atoms with Crippen molar-refractivity contribution in [2.75, 3.05) is 0 Å². The Morgan fingerprint density at radius 3 is 2.85 bits per heavy atom. The molecule has 1 aromatic heterocycles. The number of carboxylic acid groups (broad SMARTS) is 1. The maximum absolute atomic E-state index is 12.2. The van der Waals surface area contributed by atoms with Crippen LogP contribution in [0.4, 0.5) is 0 Å². The Hall–Kier alpha value is -2.37. The number of nitrogens with zero attached hydrogens (tertiary/aromatic N) is 1. The van der Waals surface area contributed by atoms with Crippen LogP contribution in [0, 0.1) is 0 Å². The SMILES string of the molecule is CCC(C)(CC(=O)O)NC(=O)c1ccc2[nH]ncc2c1. The van der Waals surface area contributed by atoms with Gasteiger partial charge in [-0.3, -0.25) is 14.7 Å². The van der Waals surface area contributed by atoms with Gasteiger partial charge >= 0.3 is 5.97 Å². The van der Waals surface area contributed by atoms with Crippen LogP contribution in [0.1, 0.15) is 37.0 Å². The second-order valence-electron chi connectivity index (χ2n) is 5.11. The van der Waals surface area contributed by atoms with Crippen LogP contribution < -0.4 is 5.32 Å². The Morgan fingerprint density at radius 1 is 1.45 bits per heavy atom. The van der Waals surface area contributed by atoms with E-state index in [2.05, 4.69) is 15.5 Å². The first-order chi connectivity index (χ1) is 9.43. The molecule has 20 heavy (non-hydrogen) atoms. The molecule has 0 bridgehead atoms. The molecule has 0 saturated heterocycles. The zero-order valence-electron chi connectivity index (χ0n) is 11.4. The topological polar surface area (TPSA) is 95.1 Å². The lowest BCUT2D eigenvalue weighted by molar-refractivity contribution is -0.138. The number of aromatic nitrogens is 2. The fraction of sp³-hybridized carbons (Fsp3) is 0.357. The van der Waals surface area contributed by atoms with E-state index in [0.717, 1.165) is 10.9 Å². The molecule has 0 saturated carbocycles. The predicted molar refractivity (Wildman–Crippen MR) is 74.5 cm³/mol. The summed E-state index contributed by atoms with van der Waals surface area (Å²) in [6.07, 6.45) is 2.07. The molecule has 1 aromatic carbocycles. The summed E-state index contributed by atoms with van der Waals surface area (Å²) in [4.78, 5) is 23.1. The first-order valence-electron chi connectivity index (χ1n) is 6.41. The van der Waals surface area contributed by atoms with E-state index in [1.165, 1.54) is 0 Å². The molecule has 1 unspecified atom stereocenters. The number of nitrogens with one attached hydrogen (secondary N) is 2. The average Bonchev–Trinajstić information content (AvgIpc) is 2.84. The maximum Gasteiger partial charge on any atom is 0.305 e. The highest BCUT2D eigenvalue weighted by Gasteiger charge is 2.27. The van der Waals surface area contributed by atoms with Gasteiger partial charge in [0.25, 0.3) is 5.91 Å². The molecule has 6 nitrogen and oxygen atoms in total. The summed E-state index contributed by atoms with van der Waals surface area (Å²) in [5.41, 5.74) is 0.586. The molecule has 0 aliphatic carbocycles. The number of fused-ring (bicyclic) bond motifs is 1. The number of benzene rings is 1. The van der Waals surface area contributed by atoms with Gasteiger partial charge in [-0.05, 0) is 31.5 Å². The van der Waals surface area contributed by atoms with Crippen LogP contribution in [-0.4, -0.2) is 32.7 Å². The van der Waals surface area contributed by atoms with Crippen molar-refractivity contribution in [2.24, 2.45) is 0 Å². The number of H-pyrrole nitrogens is 1. The smallest absolute Gasteiger partial charge is 0.305 e. The zero-order valence-corrected chi connectivity index (χ0v) is 11.4. The van der Waals surface area contributed by atoms with E-state index in [1.807, 2.05) is 6.92 Å². The van der Waals surface area contributed by atoms with Gasteiger partial charge in [0.2, 0.25) is 0 Å². The van der Waals surface area contributed by atoms with Gasteiger partial charge in [0.05, 0.1) is 18.1 Å². The molecule has 0 radical (unpaired) electrons. The standard InChI is InChI=1S/C14H17N3O3/c1-3-14(2,7-12(18)19)16-13(20)9-4-5-11-10(6-9)8-15-17-11/h4-6,8H,3,7H2,1-2H3,(H,15,17)(H,16,20)(H,18,19). The molecule has 0 aliphatic heterocycles. The van der Waals surface area contributed by atoms with Crippen LogP contribution in [0.15, 0.2) is 24.4 Å². The minimum Gasteiger partial charge on any atom is -0.481 e. The van der Waals surface area contributed by atoms with Gasteiger partial charge in [-0.15, -0.1) is 0 Å². The second-order valence-corrected chi connectivity index (χ2v) is 5.11. The lowest BCUT2D eigenvalue weighted by atomic mass is 9.94. The summed E-state index contributed by atoms with van der Waals surface area (Å²) in [6.45, 7) is 3.58. The number of aliphatic carboxylic acids is 1. The quantitative estimate of drug-likeness (QED) is 0.777. The number of amides is 1. The summed E-state index contributed by atoms with van der Waals surface area (Å²) < 4.78 is 0. The molecule has 2 rings (SSSR count). The number of hydrogen-bond acceptors (Lipinski definition) is 3. The molecule has 6 heteroatoms. The maximum atomic E-state index is 12.2. The molecule has 106 valence electrons. The number of carbonyl (C=O) groups excluding carboxylic acids is 1. The lowest BCUT2D eigenvalue weighted by Crippen LogP contribution is -2.47. The fourth-order valence-electron chi connectivity index (χ4n) is 2.02. The van der Waals surface area contributed by atoms with Gasteiger partial charge in [0, 0.05) is 16.5 Å². The van der Waals surface area contributed by atoms with Gasteiger partial charge in [-0.1, -0.05) is 6.92 Å². The fourth-order valence-corrected chi connectivity index (χ4v) is 2.02. The minimum absolute atomic E-state index is 0.108. The van der Waals surface area contributed by atoms with E-state index >= 15 is 0 Å². The van der Waals surface area contributed by atoms with E-state index in [9.17, 15) is 9.59 Å². The van der Waals surface area contributed by atoms with Crippen LogP contribution in [0.5, 0.6) is 0 Å². The Bertz CT molecular complexity index is 650. The summed E-state index contributed by atoms with van der Waals surface area (Å²) >= 11 is 0. The highest BCUT2D eigenvalue weighted by atomic mass is 16.4.